The van der Waals surface area contributed by atoms with Crippen molar-refractivity contribution in [1.82, 2.24) is 4.90 Å². The first-order valence-corrected chi connectivity index (χ1v) is 9.95. The molecule has 6 heteroatoms. The van der Waals surface area contributed by atoms with Crippen molar-refractivity contribution in [2.24, 2.45) is 0 Å². The highest BCUT2D eigenvalue weighted by Gasteiger charge is 2.28. The lowest BCUT2D eigenvalue weighted by Crippen LogP contribution is -2.38. The average Bonchev–Trinajstić information content (AvgIpc) is 2.78. The Balaban J connectivity index is 1.44. The highest BCUT2D eigenvalue weighted by atomic mass is 16.5. The van der Waals surface area contributed by atoms with Crippen LogP contribution in [0.25, 0.3) is 0 Å². The molecule has 0 aliphatic carbocycles. The predicted molar refractivity (Wildman–Crippen MR) is 105 cm³/mol. The molecule has 2 aliphatic heterocycles. The Morgan fingerprint density at radius 2 is 1.79 bits per heavy atom. The van der Waals surface area contributed by atoms with Crippen molar-refractivity contribution in [2.45, 2.75) is 31.8 Å². The summed E-state index contributed by atoms with van der Waals surface area (Å²) in [4.78, 5) is 38.7. The van der Waals surface area contributed by atoms with Gasteiger partial charge in [0.25, 0.3) is 5.91 Å². The van der Waals surface area contributed by atoms with Crippen LogP contribution in [0.15, 0.2) is 48.5 Å². The highest BCUT2D eigenvalue weighted by molar-refractivity contribution is 5.96. The van der Waals surface area contributed by atoms with E-state index in [9.17, 15) is 14.4 Å². The molecule has 1 unspecified atom stereocenters. The monoisotopic (exact) mass is 393 g/mol. The Morgan fingerprint density at radius 3 is 2.55 bits per heavy atom. The van der Waals surface area contributed by atoms with E-state index in [0.717, 1.165) is 43.5 Å². The van der Waals surface area contributed by atoms with Crippen molar-refractivity contribution in [3.8, 4) is 0 Å². The zero-order chi connectivity index (χ0) is 20.2. The van der Waals surface area contributed by atoms with E-state index in [2.05, 4.69) is 0 Å². The Morgan fingerprint density at radius 1 is 1.03 bits per heavy atom. The molecule has 0 aromatic heterocycles. The first-order valence-electron chi connectivity index (χ1n) is 9.95. The maximum absolute atomic E-state index is 12.4. The molecule has 0 saturated carbocycles. The second kappa shape index (κ2) is 8.47. The Kier molecular flexibility index (Phi) is 5.60. The van der Waals surface area contributed by atoms with Gasteiger partial charge in [0.1, 0.15) is 6.10 Å². The number of fused-ring (bicyclic) bond motifs is 1. The van der Waals surface area contributed by atoms with E-state index in [4.69, 9.17) is 9.47 Å². The number of cyclic esters (lactones) is 1. The van der Waals surface area contributed by atoms with Gasteiger partial charge in [-0.05, 0) is 48.6 Å². The number of benzene rings is 2. The van der Waals surface area contributed by atoms with Crippen molar-refractivity contribution in [3.63, 3.8) is 0 Å². The third-order valence-electron chi connectivity index (χ3n) is 5.42. The topological polar surface area (TPSA) is 72.9 Å². The van der Waals surface area contributed by atoms with Gasteiger partial charge in [0.2, 0.25) is 0 Å². The largest absolute Gasteiger partial charge is 0.454 e. The molecule has 1 saturated heterocycles. The van der Waals surface area contributed by atoms with Crippen LogP contribution in [0, 0.1) is 0 Å². The number of esters is 2. The van der Waals surface area contributed by atoms with E-state index in [0.29, 0.717) is 17.5 Å². The van der Waals surface area contributed by atoms with Crippen LogP contribution in [-0.4, -0.2) is 42.4 Å². The van der Waals surface area contributed by atoms with E-state index in [1.54, 1.807) is 17.0 Å². The minimum Gasteiger partial charge on any atom is -0.454 e. The summed E-state index contributed by atoms with van der Waals surface area (Å²) in [7, 11) is 0. The summed E-state index contributed by atoms with van der Waals surface area (Å²) in [6.45, 7) is 1.18. The minimum absolute atomic E-state index is 0.163. The van der Waals surface area contributed by atoms with Crippen LogP contribution in [0.2, 0.25) is 0 Å². The number of amides is 1. The molecule has 0 N–H and O–H groups in total. The van der Waals surface area contributed by atoms with Crippen LogP contribution >= 0.6 is 0 Å². The first kappa shape index (κ1) is 19.2. The van der Waals surface area contributed by atoms with Crippen LogP contribution in [0.4, 0.5) is 0 Å². The van der Waals surface area contributed by atoms with E-state index >= 15 is 0 Å². The van der Waals surface area contributed by atoms with Crippen molar-refractivity contribution >= 4 is 17.8 Å². The standard InChI is InChI=1S/C23H23NO5/c25-21(24-11-5-2-6-12-24)15-28-22(26)17-9-10-19-18(13-17)14-20(29-23(19)27)16-7-3-1-4-8-16/h1,3-4,7-10,13,20H,2,5-6,11-12,14-15H2. The summed E-state index contributed by atoms with van der Waals surface area (Å²) in [5.41, 5.74) is 2.44. The third kappa shape index (κ3) is 4.31. The second-order valence-electron chi connectivity index (χ2n) is 7.40. The Bertz CT molecular complexity index is 918. The maximum Gasteiger partial charge on any atom is 0.339 e. The number of rotatable bonds is 4. The fraction of sp³-hybridized carbons (Fsp3) is 0.348. The molecule has 1 fully saturated rings. The first-order chi connectivity index (χ1) is 14.1. The smallest absolute Gasteiger partial charge is 0.339 e. The number of carbonyl (C=O) groups excluding carboxylic acids is 3. The molecule has 2 heterocycles. The van der Waals surface area contributed by atoms with Gasteiger partial charge in [0, 0.05) is 19.5 Å². The van der Waals surface area contributed by atoms with Crippen LogP contribution in [0.1, 0.15) is 57.2 Å². The summed E-state index contributed by atoms with van der Waals surface area (Å²) >= 11 is 0. The van der Waals surface area contributed by atoms with Gasteiger partial charge in [0.05, 0.1) is 11.1 Å². The number of nitrogens with zero attached hydrogens (tertiary/aromatic N) is 1. The fourth-order valence-corrected chi connectivity index (χ4v) is 3.82. The summed E-state index contributed by atoms with van der Waals surface area (Å²) < 4.78 is 10.8. The molecule has 150 valence electrons. The van der Waals surface area contributed by atoms with Crippen LogP contribution in [0.5, 0.6) is 0 Å². The van der Waals surface area contributed by atoms with Gasteiger partial charge < -0.3 is 14.4 Å². The van der Waals surface area contributed by atoms with Crippen molar-refractivity contribution in [3.05, 3.63) is 70.8 Å². The van der Waals surface area contributed by atoms with Gasteiger partial charge in [-0.2, -0.15) is 0 Å². The molecule has 0 spiro atoms. The molecule has 0 bridgehead atoms. The molecule has 6 nitrogen and oxygen atoms in total. The quantitative estimate of drug-likeness (QED) is 0.745. The van der Waals surface area contributed by atoms with Gasteiger partial charge in [0.15, 0.2) is 6.61 Å². The molecule has 4 rings (SSSR count). The second-order valence-corrected chi connectivity index (χ2v) is 7.40. The van der Waals surface area contributed by atoms with Crippen molar-refractivity contribution < 1.29 is 23.9 Å². The number of ether oxygens (including phenoxy) is 2. The number of carbonyl (C=O) groups is 3. The zero-order valence-electron chi connectivity index (χ0n) is 16.1. The highest BCUT2D eigenvalue weighted by Crippen LogP contribution is 2.31. The van der Waals surface area contributed by atoms with E-state index in [1.165, 1.54) is 6.07 Å². The van der Waals surface area contributed by atoms with Gasteiger partial charge in [-0.1, -0.05) is 30.3 Å². The molecule has 29 heavy (non-hydrogen) atoms. The van der Waals surface area contributed by atoms with Gasteiger partial charge in [-0.3, -0.25) is 4.79 Å². The average molecular weight is 393 g/mol. The molecule has 2 aromatic rings. The summed E-state index contributed by atoms with van der Waals surface area (Å²) in [6, 6.07) is 14.3. The molecule has 1 amide bonds. The fourth-order valence-electron chi connectivity index (χ4n) is 3.82. The summed E-state index contributed by atoms with van der Waals surface area (Å²) in [5.74, 6) is -1.13. The molecule has 2 aliphatic rings. The number of hydrogen-bond donors (Lipinski definition) is 0. The summed E-state index contributed by atoms with van der Waals surface area (Å²) in [5, 5.41) is 0. The molecular formula is C23H23NO5. The van der Waals surface area contributed by atoms with E-state index in [-0.39, 0.29) is 18.6 Å². The van der Waals surface area contributed by atoms with Gasteiger partial charge in [-0.25, -0.2) is 9.59 Å². The number of likely N-dealkylation sites (tertiary alicyclic amines) is 1. The molecular weight excluding hydrogens is 370 g/mol. The SMILES string of the molecule is O=C(OCC(=O)N1CCCCC1)c1ccc2c(c1)CC(c1ccccc1)OC2=O. The lowest BCUT2D eigenvalue weighted by molar-refractivity contribution is -0.135. The Labute approximate surface area is 169 Å². The van der Waals surface area contributed by atoms with Gasteiger partial charge >= 0.3 is 11.9 Å². The van der Waals surface area contributed by atoms with Crippen LogP contribution < -0.4 is 0 Å². The lowest BCUT2D eigenvalue weighted by Gasteiger charge is -2.26. The zero-order valence-corrected chi connectivity index (χ0v) is 16.1. The van der Waals surface area contributed by atoms with Crippen LogP contribution in [-0.2, 0) is 20.7 Å². The maximum atomic E-state index is 12.4. The molecule has 1 atom stereocenters. The number of hydrogen-bond acceptors (Lipinski definition) is 5. The van der Waals surface area contributed by atoms with Crippen molar-refractivity contribution in [1.29, 1.82) is 0 Å². The van der Waals surface area contributed by atoms with Crippen LogP contribution in [0.3, 0.4) is 0 Å². The third-order valence-corrected chi connectivity index (χ3v) is 5.42. The predicted octanol–water partition coefficient (Wildman–Crippen LogP) is 3.31. The lowest BCUT2D eigenvalue weighted by atomic mass is 9.93. The Hall–Kier alpha value is -3.15. The molecule has 2 aromatic carbocycles. The van der Waals surface area contributed by atoms with E-state index < -0.39 is 11.9 Å². The molecule has 0 radical (unpaired) electrons. The normalized spacial score (nSPS) is 18.6. The van der Waals surface area contributed by atoms with Gasteiger partial charge in [-0.15, -0.1) is 0 Å². The minimum atomic E-state index is -0.562. The summed E-state index contributed by atoms with van der Waals surface area (Å²) in [6.07, 6.45) is 3.21. The van der Waals surface area contributed by atoms with E-state index in [1.807, 2.05) is 30.3 Å². The van der Waals surface area contributed by atoms with Crippen molar-refractivity contribution in [2.75, 3.05) is 19.7 Å². The number of piperidine rings is 1.